The van der Waals surface area contributed by atoms with E-state index in [9.17, 15) is 9.59 Å². The fourth-order valence-electron chi connectivity index (χ4n) is 5.21. The summed E-state index contributed by atoms with van der Waals surface area (Å²) in [6.45, 7) is 10.8. The van der Waals surface area contributed by atoms with Crippen molar-refractivity contribution in [2.75, 3.05) is 49.5 Å². The lowest BCUT2D eigenvalue weighted by molar-refractivity contribution is -0.144. The van der Waals surface area contributed by atoms with E-state index in [0.717, 1.165) is 28.5 Å². The van der Waals surface area contributed by atoms with Gasteiger partial charge in [0.1, 0.15) is 11.5 Å². The summed E-state index contributed by atoms with van der Waals surface area (Å²) in [6, 6.07) is 2.58. The molecule has 0 aromatic carbocycles. The number of amides is 1. The molecule has 5 heterocycles. The highest BCUT2D eigenvalue weighted by atomic mass is 35.5. The minimum absolute atomic E-state index is 0.133. The molecule has 1 N–H and O–H groups in total. The molecule has 40 heavy (non-hydrogen) atoms. The van der Waals surface area contributed by atoms with Crippen LogP contribution in [0.25, 0.3) is 10.6 Å². The average molecular weight is 604 g/mol. The molecule has 0 saturated carbocycles. The molecule has 10 nitrogen and oxygen atoms in total. The van der Waals surface area contributed by atoms with Crippen molar-refractivity contribution in [2.45, 2.75) is 52.2 Å². The Morgan fingerprint density at radius 1 is 1.18 bits per heavy atom. The van der Waals surface area contributed by atoms with E-state index in [2.05, 4.69) is 43.8 Å². The molecule has 1 amide bonds. The van der Waals surface area contributed by atoms with Crippen molar-refractivity contribution in [3.8, 4) is 10.6 Å². The summed E-state index contributed by atoms with van der Waals surface area (Å²) in [6.07, 6.45) is 5.52. The number of hydrogen-bond donors (Lipinski definition) is 1. The summed E-state index contributed by atoms with van der Waals surface area (Å²) in [5.41, 5.74) is 1.09. The zero-order valence-corrected chi connectivity index (χ0v) is 25.3. The quantitative estimate of drug-likeness (QED) is 0.351. The molecule has 0 unspecified atom stereocenters. The van der Waals surface area contributed by atoms with E-state index in [4.69, 9.17) is 21.3 Å². The lowest BCUT2D eigenvalue weighted by Crippen LogP contribution is -2.53. The first-order valence-corrected chi connectivity index (χ1v) is 15.6. The van der Waals surface area contributed by atoms with E-state index in [1.165, 1.54) is 30.4 Å². The van der Waals surface area contributed by atoms with E-state index in [1.54, 1.807) is 17.5 Å². The monoisotopic (exact) mass is 603 g/mol. The molecule has 0 spiro atoms. The largest absolute Gasteiger partial charge is 0.465 e. The Morgan fingerprint density at radius 3 is 2.67 bits per heavy atom. The number of rotatable bonds is 9. The Morgan fingerprint density at radius 2 is 2.02 bits per heavy atom. The van der Waals surface area contributed by atoms with Crippen LogP contribution < -0.4 is 10.2 Å². The molecule has 0 radical (unpaired) electrons. The Kier molecular flexibility index (Phi) is 9.31. The molecule has 2 atom stereocenters. The molecule has 0 aliphatic carbocycles. The predicted molar refractivity (Wildman–Crippen MR) is 159 cm³/mol. The van der Waals surface area contributed by atoms with Crippen LogP contribution in [0.2, 0.25) is 5.02 Å². The summed E-state index contributed by atoms with van der Waals surface area (Å²) >= 11 is 9.26. The molecule has 2 aliphatic heterocycles. The van der Waals surface area contributed by atoms with Gasteiger partial charge in [-0.25, -0.2) is 15.0 Å². The lowest BCUT2D eigenvalue weighted by atomic mass is 10.2. The smallest absolute Gasteiger partial charge is 0.320 e. The van der Waals surface area contributed by atoms with Gasteiger partial charge in [-0.15, -0.1) is 11.3 Å². The lowest BCUT2D eigenvalue weighted by Gasteiger charge is -2.39. The molecular weight excluding hydrogens is 570 g/mol. The normalized spacial score (nSPS) is 20.1. The van der Waals surface area contributed by atoms with Gasteiger partial charge in [-0.1, -0.05) is 22.9 Å². The van der Waals surface area contributed by atoms with Crippen molar-refractivity contribution in [3.05, 3.63) is 39.4 Å². The zero-order chi connectivity index (χ0) is 28.2. The SMILES string of the molecule is CCOC(=O)CN1CCN(c2cnc(C(=O)Nc3nc(-c4cc(Cl)cs4)c(CN4CCC[C@H]4C)s3)cn2)[C@@H](C)C1. The number of thiophene rings is 1. The number of nitrogens with zero attached hydrogens (tertiary/aromatic N) is 6. The maximum absolute atomic E-state index is 13.1. The number of nitrogens with one attached hydrogen (secondary N) is 1. The second kappa shape index (κ2) is 12.9. The molecule has 0 bridgehead atoms. The van der Waals surface area contributed by atoms with Crippen LogP contribution in [0.5, 0.6) is 0 Å². The first-order chi connectivity index (χ1) is 19.3. The van der Waals surface area contributed by atoms with Crippen molar-refractivity contribution in [1.29, 1.82) is 0 Å². The summed E-state index contributed by atoms with van der Waals surface area (Å²) in [5.74, 6) is 0.146. The molecule has 3 aromatic rings. The van der Waals surface area contributed by atoms with Crippen molar-refractivity contribution in [2.24, 2.45) is 0 Å². The van der Waals surface area contributed by atoms with Crippen LogP contribution in [0.3, 0.4) is 0 Å². The van der Waals surface area contributed by atoms with Crippen LogP contribution in [-0.2, 0) is 16.1 Å². The van der Waals surface area contributed by atoms with Gasteiger partial charge >= 0.3 is 5.97 Å². The first-order valence-electron chi connectivity index (χ1n) is 13.6. The second-order valence-electron chi connectivity index (χ2n) is 10.2. The van der Waals surface area contributed by atoms with Crippen LogP contribution in [0.4, 0.5) is 10.9 Å². The van der Waals surface area contributed by atoms with Crippen molar-refractivity contribution < 1.29 is 14.3 Å². The average Bonchev–Trinajstić information content (AvgIpc) is 3.65. The van der Waals surface area contributed by atoms with Crippen molar-refractivity contribution >= 4 is 57.1 Å². The number of thiazole rings is 1. The fourth-order valence-corrected chi connectivity index (χ4v) is 7.36. The second-order valence-corrected chi connectivity index (χ2v) is 12.6. The van der Waals surface area contributed by atoms with E-state index in [0.29, 0.717) is 48.3 Å². The van der Waals surface area contributed by atoms with E-state index in [-0.39, 0.29) is 30.2 Å². The number of likely N-dealkylation sites (tertiary alicyclic amines) is 1. The van der Waals surface area contributed by atoms with Crippen LogP contribution in [-0.4, -0.2) is 88.0 Å². The minimum Gasteiger partial charge on any atom is -0.465 e. The zero-order valence-electron chi connectivity index (χ0n) is 22.9. The standard InChI is InChI=1S/C27H34ClN7O3S2/c1-4-38-24(36)15-33-8-9-35(18(3)13-33)23-12-29-20(11-30-23)26(37)32-27-31-25(21-10-19(28)16-39-21)22(40-27)14-34-7-5-6-17(34)2/h10-12,16-18H,4-9,13-15H2,1-3H3,(H,31,32,37)/t17-,18+/m1/s1. The molecule has 2 saturated heterocycles. The number of carbonyl (C=O) groups excluding carboxylic acids is 2. The number of hydrogen-bond acceptors (Lipinski definition) is 11. The van der Waals surface area contributed by atoms with E-state index in [1.807, 2.05) is 18.4 Å². The molecule has 5 rings (SSSR count). The molecule has 214 valence electrons. The highest BCUT2D eigenvalue weighted by Gasteiger charge is 2.27. The van der Waals surface area contributed by atoms with Crippen LogP contribution >= 0.6 is 34.3 Å². The summed E-state index contributed by atoms with van der Waals surface area (Å²) < 4.78 is 5.07. The molecule has 3 aromatic heterocycles. The highest BCUT2D eigenvalue weighted by molar-refractivity contribution is 7.17. The number of carbonyl (C=O) groups is 2. The summed E-state index contributed by atoms with van der Waals surface area (Å²) in [5, 5.41) is 6.04. The first kappa shape index (κ1) is 28.9. The Bertz CT molecular complexity index is 1330. The third-order valence-electron chi connectivity index (χ3n) is 7.29. The third-order valence-corrected chi connectivity index (χ3v) is 9.53. The van der Waals surface area contributed by atoms with Gasteiger partial charge < -0.3 is 9.64 Å². The molecule has 2 aliphatic rings. The van der Waals surface area contributed by atoms with Gasteiger partial charge in [-0.05, 0) is 46.2 Å². The molecular formula is C27H34ClN7O3S2. The van der Waals surface area contributed by atoms with Gasteiger partial charge in [-0.2, -0.15) is 0 Å². The number of anilines is 2. The van der Waals surface area contributed by atoms with Gasteiger partial charge in [0.05, 0.1) is 41.1 Å². The van der Waals surface area contributed by atoms with Gasteiger partial charge in [0.15, 0.2) is 5.13 Å². The Balaban J connectivity index is 1.24. The van der Waals surface area contributed by atoms with Gasteiger partial charge in [0.2, 0.25) is 0 Å². The summed E-state index contributed by atoms with van der Waals surface area (Å²) in [4.78, 5) is 47.4. The topological polar surface area (TPSA) is 104 Å². The number of esters is 1. The molecule has 2 fully saturated rings. The van der Waals surface area contributed by atoms with Gasteiger partial charge in [-0.3, -0.25) is 24.7 Å². The number of aromatic nitrogens is 3. The molecule has 13 heteroatoms. The highest BCUT2D eigenvalue weighted by Crippen LogP contribution is 2.37. The fraction of sp³-hybridized carbons (Fsp3) is 0.519. The van der Waals surface area contributed by atoms with Crippen LogP contribution in [0.1, 0.15) is 49.0 Å². The third kappa shape index (κ3) is 6.80. The predicted octanol–water partition coefficient (Wildman–Crippen LogP) is 4.63. The maximum Gasteiger partial charge on any atom is 0.320 e. The maximum atomic E-state index is 13.1. The van der Waals surface area contributed by atoms with Gasteiger partial charge in [0, 0.05) is 48.5 Å². The van der Waals surface area contributed by atoms with Crippen LogP contribution in [0.15, 0.2) is 23.8 Å². The minimum atomic E-state index is -0.350. The van der Waals surface area contributed by atoms with E-state index >= 15 is 0 Å². The van der Waals surface area contributed by atoms with Crippen molar-refractivity contribution in [3.63, 3.8) is 0 Å². The Labute approximate surface area is 247 Å². The van der Waals surface area contributed by atoms with E-state index < -0.39 is 0 Å². The summed E-state index contributed by atoms with van der Waals surface area (Å²) in [7, 11) is 0. The number of piperazine rings is 1. The van der Waals surface area contributed by atoms with Gasteiger partial charge in [0.25, 0.3) is 5.91 Å². The van der Waals surface area contributed by atoms with Crippen molar-refractivity contribution in [1.82, 2.24) is 24.8 Å². The van der Waals surface area contributed by atoms with Crippen LogP contribution in [0, 0.1) is 0 Å². The Hall–Kier alpha value is -2.64. The number of ether oxygens (including phenoxy) is 1. The number of halogens is 1.